The van der Waals surface area contributed by atoms with Gasteiger partial charge in [-0.2, -0.15) is 0 Å². The van der Waals surface area contributed by atoms with Crippen LogP contribution in [0.5, 0.6) is 11.5 Å². The maximum atomic E-state index is 5.42. The zero-order chi connectivity index (χ0) is 17.7. The van der Waals surface area contributed by atoms with Crippen molar-refractivity contribution < 1.29 is 9.47 Å². The summed E-state index contributed by atoms with van der Waals surface area (Å²) in [6.07, 6.45) is 2.36. The van der Waals surface area contributed by atoms with Crippen LogP contribution in [-0.4, -0.2) is 57.2 Å². The highest BCUT2D eigenvalue weighted by atomic mass is 16.5. The Kier molecular flexibility index (Phi) is 6.32. The maximum absolute atomic E-state index is 5.42. The highest BCUT2D eigenvalue weighted by Gasteiger charge is 2.23. The van der Waals surface area contributed by atoms with E-state index in [1.54, 1.807) is 14.2 Å². The smallest absolute Gasteiger partial charge is 0.123 e. The molecule has 2 rings (SSSR count). The fraction of sp³-hybridized carbons (Fsp3) is 0.500. The van der Waals surface area contributed by atoms with Gasteiger partial charge < -0.3 is 19.3 Å². The predicted molar refractivity (Wildman–Crippen MR) is 101 cm³/mol. The molecule has 1 aliphatic heterocycles. The molecule has 1 aliphatic rings. The van der Waals surface area contributed by atoms with E-state index in [-0.39, 0.29) is 0 Å². The molecule has 1 aromatic rings. The molecule has 0 spiro atoms. The SMILES string of the molecule is C=C(C1C=C(c2cc(OC)cc(OC)c2)CN(C)C1)N(CC)CC. The Morgan fingerprint density at radius 3 is 2.25 bits per heavy atom. The van der Waals surface area contributed by atoms with Crippen LogP contribution in [0.1, 0.15) is 19.4 Å². The number of rotatable bonds is 7. The summed E-state index contributed by atoms with van der Waals surface area (Å²) in [6.45, 7) is 12.6. The van der Waals surface area contributed by atoms with Gasteiger partial charge in [-0.1, -0.05) is 12.7 Å². The molecule has 1 heterocycles. The first-order valence-corrected chi connectivity index (χ1v) is 8.58. The second-order valence-corrected chi connectivity index (χ2v) is 6.26. The molecule has 1 unspecified atom stereocenters. The van der Waals surface area contributed by atoms with Gasteiger partial charge in [0, 0.05) is 43.9 Å². The topological polar surface area (TPSA) is 24.9 Å². The Bertz CT molecular complexity index is 583. The lowest BCUT2D eigenvalue weighted by Crippen LogP contribution is -2.36. The van der Waals surface area contributed by atoms with Crippen molar-refractivity contribution in [3.05, 3.63) is 42.1 Å². The zero-order valence-electron chi connectivity index (χ0n) is 15.6. The van der Waals surface area contributed by atoms with Crippen LogP contribution < -0.4 is 9.47 Å². The molecule has 0 aromatic heterocycles. The lowest BCUT2D eigenvalue weighted by atomic mass is 9.92. The van der Waals surface area contributed by atoms with Crippen LogP contribution in [0.4, 0.5) is 0 Å². The normalized spacial score (nSPS) is 18.0. The van der Waals surface area contributed by atoms with Crippen LogP contribution in [0.2, 0.25) is 0 Å². The molecule has 1 atom stereocenters. The standard InChI is InChI=1S/C20H30N2O2/c1-7-22(8-2)15(3)17-9-18(14-21(4)13-17)16-10-19(23-5)12-20(11-16)24-6/h9-12,17H,3,7-8,13-14H2,1-2,4-6H3. The van der Waals surface area contributed by atoms with Crippen molar-refractivity contribution in [2.24, 2.45) is 5.92 Å². The van der Waals surface area contributed by atoms with E-state index in [9.17, 15) is 0 Å². The fourth-order valence-corrected chi connectivity index (χ4v) is 3.29. The summed E-state index contributed by atoms with van der Waals surface area (Å²) in [5.74, 6) is 1.96. The minimum atomic E-state index is 0.329. The van der Waals surface area contributed by atoms with E-state index in [1.807, 2.05) is 6.07 Å². The molecule has 132 valence electrons. The first kappa shape index (κ1) is 18.4. The molecule has 0 amide bonds. The average Bonchev–Trinajstić information content (AvgIpc) is 2.61. The van der Waals surface area contributed by atoms with Gasteiger partial charge >= 0.3 is 0 Å². The van der Waals surface area contributed by atoms with Gasteiger partial charge in [0.25, 0.3) is 0 Å². The van der Waals surface area contributed by atoms with Gasteiger partial charge in [0.2, 0.25) is 0 Å². The highest BCUT2D eigenvalue weighted by molar-refractivity contribution is 5.70. The van der Waals surface area contributed by atoms with Crippen molar-refractivity contribution >= 4 is 5.57 Å². The Morgan fingerprint density at radius 1 is 1.17 bits per heavy atom. The number of likely N-dealkylation sites (N-methyl/N-ethyl adjacent to an activating group) is 1. The quantitative estimate of drug-likeness (QED) is 0.764. The van der Waals surface area contributed by atoms with E-state index in [4.69, 9.17) is 9.47 Å². The second kappa shape index (κ2) is 8.25. The van der Waals surface area contributed by atoms with E-state index in [1.165, 1.54) is 11.3 Å². The van der Waals surface area contributed by atoms with Gasteiger partial charge in [0.05, 0.1) is 14.2 Å². The van der Waals surface area contributed by atoms with E-state index < -0.39 is 0 Å². The molecule has 1 aromatic carbocycles. The summed E-state index contributed by atoms with van der Waals surface area (Å²) in [7, 11) is 5.53. The lowest BCUT2D eigenvalue weighted by Gasteiger charge is -2.35. The van der Waals surface area contributed by atoms with E-state index in [2.05, 4.69) is 55.5 Å². The summed E-state index contributed by atoms with van der Waals surface area (Å²) in [6, 6.07) is 6.05. The molecule has 0 aliphatic carbocycles. The van der Waals surface area contributed by atoms with Crippen LogP contribution in [0.25, 0.3) is 5.57 Å². The Labute approximate surface area is 146 Å². The molecule has 24 heavy (non-hydrogen) atoms. The van der Waals surface area contributed by atoms with Gasteiger partial charge in [-0.3, -0.25) is 0 Å². The molecule has 0 radical (unpaired) electrons. The summed E-state index contributed by atoms with van der Waals surface area (Å²) in [5.41, 5.74) is 3.63. The Morgan fingerprint density at radius 2 is 1.75 bits per heavy atom. The van der Waals surface area contributed by atoms with Crippen molar-refractivity contribution in [1.82, 2.24) is 9.80 Å². The minimum Gasteiger partial charge on any atom is -0.497 e. The fourth-order valence-electron chi connectivity index (χ4n) is 3.29. The number of hydrogen-bond acceptors (Lipinski definition) is 4. The highest BCUT2D eigenvalue weighted by Crippen LogP contribution is 2.32. The molecule has 4 heteroatoms. The van der Waals surface area contributed by atoms with Crippen molar-refractivity contribution in [3.63, 3.8) is 0 Å². The monoisotopic (exact) mass is 330 g/mol. The largest absolute Gasteiger partial charge is 0.497 e. The first-order chi connectivity index (χ1) is 11.5. The van der Waals surface area contributed by atoms with Crippen molar-refractivity contribution in [1.29, 1.82) is 0 Å². The summed E-state index contributed by atoms with van der Waals surface area (Å²) in [4.78, 5) is 4.69. The number of benzene rings is 1. The van der Waals surface area contributed by atoms with Crippen LogP contribution in [0, 0.1) is 5.92 Å². The molecule has 0 bridgehead atoms. The number of hydrogen-bond donors (Lipinski definition) is 0. The summed E-state index contributed by atoms with van der Waals surface area (Å²) >= 11 is 0. The zero-order valence-corrected chi connectivity index (χ0v) is 15.6. The molecular weight excluding hydrogens is 300 g/mol. The van der Waals surface area contributed by atoms with E-state index in [0.717, 1.165) is 43.2 Å². The number of ether oxygens (including phenoxy) is 2. The minimum absolute atomic E-state index is 0.329. The molecule has 0 saturated carbocycles. The van der Waals surface area contributed by atoms with Gasteiger partial charge in [-0.25, -0.2) is 0 Å². The third-order valence-corrected chi connectivity index (χ3v) is 4.67. The van der Waals surface area contributed by atoms with Crippen LogP contribution >= 0.6 is 0 Å². The van der Waals surface area contributed by atoms with E-state index in [0.29, 0.717) is 5.92 Å². The van der Waals surface area contributed by atoms with Gasteiger partial charge in [0.15, 0.2) is 0 Å². The lowest BCUT2D eigenvalue weighted by molar-refractivity contribution is 0.284. The third-order valence-electron chi connectivity index (χ3n) is 4.67. The van der Waals surface area contributed by atoms with Crippen molar-refractivity contribution in [2.45, 2.75) is 13.8 Å². The van der Waals surface area contributed by atoms with Crippen molar-refractivity contribution in [2.75, 3.05) is 47.4 Å². The van der Waals surface area contributed by atoms with Crippen LogP contribution in [0.3, 0.4) is 0 Å². The van der Waals surface area contributed by atoms with Crippen LogP contribution in [0.15, 0.2) is 36.6 Å². The Balaban J connectivity index is 2.36. The third kappa shape index (κ3) is 4.12. The molecular formula is C20H30N2O2. The van der Waals surface area contributed by atoms with Crippen molar-refractivity contribution in [3.8, 4) is 11.5 Å². The van der Waals surface area contributed by atoms with Crippen LogP contribution in [-0.2, 0) is 0 Å². The second-order valence-electron chi connectivity index (χ2n) is 6.26. The van der Waals surface area contributed by atoms with Gasteiger partial charge in [-0.05, 0) is 44.2 Å². The summed E-state index contributed by atoms with van der Waals surface area (Å²) < 4.78 is 10.8. The summed E-state index contributed by atoms with van der Waals surface area (Å²) in [5, 5.41) is 0. The number of nitrogens with zero attached hydrogens (tertiary/aromatic N) is 2. The molecule has 0 saturated heterocycles. The predicted octanol–water partition coefficient (Wildman–Crippen LogP) is 3.50. The maximum Gasteiger partial charge on any atom is 0.123 e. The van der Waals surface area contributed by atoms with Gasteiger partial charge in [0.1, 0.15) is 11.5 Å². The molecule has 4 nitrogen and oxygen atoms in total. The van der Waals surface area contributed by atoms with E-state index >= 15 is 0 Å². The molecule has 0 N–H and O–H groups in total. The Hall–Kier alpha value is -1.94. The van der Waals surface area contributed by atoms with Gasteiger partial charge in [-0.15, -0.1) is 0 Å². The number of methoxy groups -OCH3 is 2. The average molecular weight is 330 g/mol. The first-order valence-electron chi connectivity index (χ1n) is 8.58. The molecule has 0 fully saturated rings.